The number of hydrogen-bond donors (Lipinski definition) is 3. The zero-order chi connectivity index (χ0) is 15.0. The van der Waals surface area contributed by atoms with E-state index in [4.69, 9.17) is 5.11 Å². The van der Waals surface area contributed by atoms with Crippen LogP contribution >= 0.6 is 0 Å². The molecule has 1 aromatic rings. The molecule has 0 fully saturated rings. The van der Waals surface area contributed by atoms with Crippen molar-refractivity contribution in [3.63, 3.8) is 0 Å². The summed E-state index contributed by atoms with van der Waals surface area (Å²) < 4.78 is 10.9. The Morgan fingerprint density at radius 3 is 2.50 bits per heavy atom. The molecule has 1 rings (SSSR count). The first-order valence-electron chi connectivity index (χ1n) is 6.10. The van der Waals surface area contributed by atoms with E-state index in [1.165, 1.54) is 0 Å². The minimum absolute atomic E-state index is 0.197. The van der Waals surface area contributed by atoms with Crippen molar-refractivity contribution in [3.8, 4) is 0 Å². The highest BCUT2D eigenvalue weighted by Gasteiger charge is 2.17. The molecule has 0 aliphatic heterocycles. The average molecular weight is 298 g/mol. The summed E-state index contributed by atoms with van der Waals surface area (Å²) in [5.41, 5.74) is 0.726. The number of nitrogens with one attached hydrogen (secondary N) is 2. The summed E-state index contributed by atoms with van der Waals surface area (Å²) in [6, 6.07) is 7.84. The number of carbonyl (C=O) groups excluding carboxylic acids is 1. The Bertz CT molecular complexity index is 479. The third-order valence-corrected chi connectivity index (χ3v) is 3.34. The van der Waals surface area contributed by atoms with Gasteiger partial charge in [0, 0.05) is 29.4 Å². The summed E-state index contributed by atoms with van der Waals surface area (Å²) in [4.78, 5) is 22.5. The van der Waals surface area contributed by atoms with Crippen LogP contribution in [0.2, 0.25) is 0 Å². The van der Waals surface area contributed by atoms with E-state index in [9.17, 15) is 13.8 Å². The molecular weight excluding hydrogens is 280 g/mol. The van der Waals surface area contributed by atoms with E-state index in [-0.39, 0.29) is 13.0 Å². The van der Waals surface area contributed by atoms with Crippen LogP contribution in [0.4, 0.5) is 4.79 Å². The lowest BCUT2D eigenvalue weighted by atomic mass is 10.0. The van der Waals surface area contributed by atoms with E-state index in [0.29, 0.717) is 5.75 Å². The van der Waals surface area contributed by atoms with Crippen LogP contribution in [0, 0.1) is 0 Å². The van der Waals surface area contributed by atoms with Crippen molar-refractivity contribution in [1.29, 1.82) is 0 Å². The highest BCUT2D eigenvalue weighted by molar-refractivity contribution is 7.84. The van der Waals surface area contributed by atoms with E-state index in [1.807, 2.05) is 6.07 Å². The Kier molecular flexibility index (Phi) is 6.72. The summed E-state index contributed by atoms with van der Waals surface area (Å²) >= 11 is 0. The molecule has 0 radical (unpaired) electrons. The number of carboxylic acid groups (broad SMARTS) is 1. The van der Waals surface area contributed by atoms with Gasteiger partial charge in [0.25, 0.3) is 0 Å². The molecule has 3 N–H and O–H groups in total. The predicted octanol–water partition coefficient (Wildman–Crippen LogP) is 0.880. The largest absolute Gasteiger partial charge is 0.481 e. The van der Waals surface area contributed by atoms with Gasteiger partial charge in [0.05, 0.1) is 12.5 Å². The molecule has 1 aromatic carbocycles. The van der Waals surface area contributed by atoms with Gasteiger partial charge in [0.15, 0.2) is 0 Å². The van der Waals surface area contributed by atoms with Crippen LogP contribution in [-0.2, 0) is 15.6 Å². The van der Waals surface area contributed by atoms with Crippen LogP contribution in [0.15, 0.2) is 30.3 Å². The number of urea groups is 1. The molecule has 20 heavy (non-hydrogen) atoms. The lowest BCUT2D eigenvalue weighted by Gasteiger charge is -2.17. The summed E-state index contributed by atoms with van der Waals surface area (Å²) in [5, 5.41) is 14.1. The Hall–Kier alpha value is -1.89. The molecule has 2 amide bonds. The van der Waals surface area contributed by atoms with E-state index < -0.39 is 28.8 Å². The van der Waals surface area contributed by atoms with Crippen molar-refractivity contribution in [2.24, 2.45) is 0 Å². The normalized spacial score (nSPS) is 13.2. The maximum absolute atomic E-state index is 11.7. The number of carbonyl (C=O) groups is 2. The number of aliphatic carboxylic acids is 1. The first-order chi connectivity index (χ1) is 9.49. The Morgan fingerprint density at radius 2 is 1.95 bits per heavy atom. The summed E-state index contributed by atoms with van der Waals surface area (Å²) in [6.45, 7) is 0.281. The van der Waals surface area contributed by atoms with Crippen molar-refractivity contribution < 1.29 is 18.9 Å². The fourth-order valence-electron chi connectivity index (χ4n) is 1.63. The van der Waals surface area contributed by atoms with E-state index >= 15 is 0 Å². The second kappa shape index (κ2) is 8.31. The second-order valence-electron chi connectivity index (χ2n) is 4.24. The van der Waals surface area contributed by atoms with Gasteiger partial charge >= 0.3 is 12.0 Å². The molecule has 2 atom stereocenters. The van der Waals surface area contributed by atoms with Crippen LogP contribution in [0.5, 0.6) is 0 Å². The number of rotatable bonds is 7. The topological polar surface area (TPSA) is 95.5 Å². The molecule has 0 aromatic heterocycles. The van der Waals surface area contributed by atoms with Gasteiger partial charge in [-0.2, -0.15) is 0 Å². The summed E-state index contributed by atoms with van der Waals surface area (Å²) in [6.07, 6.45) is 1.36. The number of hydrogen-bond acceptors (Lipinski definition) is 3. The van der Waals surface area contributed by atoms with E-state index in [2.05, 4.69) is 10.6 Å². The van der Waals surface area contributed by atoms with Crippen molar-refractivity contribution in [2.45, 2.75) is 12.5 Å². The lowest BCUT2D eigenvalue weighted by Crippen LogP contribution is -2.40. The van der Waals surface area contributed by atoms with E-state index in [1.54, 1.807) is 30.5 Å². The maximum Gasteiger partial charge on any atom is 0.315 e. The van der Waals surface area contributed by atoms with Crippen LogP contribution < -0.4 is 10.6 Å². The number of benzene rings is 1. The van der Waals surface area contributed by atoms with Gasteiger partial charge in [0.1, 0.15) is 0 Å². The monoisotopic (exact) mass is 298 g/mol. The smallest absolute Gasteiger partial charge is 0.315 e. The Labute approximate surface area is 120 Å². The molecule has 2 unspecified atom stereocenters. The highest BCUT2D eigenvalue weighted by Crippen LogP contribution is 2.16. The van der Waals surface area contributed by atoms with Gasteiger partial charge in [-0.05, 0) is 5.56 Å². The van der Waals surface area contributed by atoms with Crippen molar-refractivity contribution in [1.82, 2.24) is 10.6 Å². The minimum Gasteiger partial charge on any atom is -0.481 e. The molecule has 0 heterocycles. The first kappa shape index (κ1) is 16.2. The molecule has 7 heteroatoms. The van der Waals surface area contributed by atoms with Crippen molar-refractivity contribution in [2.75, 3.05) is 18.6 Å². The van der Waals surface area contributed by atoms with Gasteiger partial charge in [-0.3, -0.25) is 9.00 Å². The zero-order valence-electron chi connectivity index (χ0n) is 11.2. The molecule has 0 spiro atoms. The first-order valence-corrected chi connectivity index (χ1v) is 7.83. The quantitative estimate of drug-likeness (QED) is 0.696. The average Bonchev–Trinajstić information content (AvgIpc) is 2.38. The molecule has 0 aliphatic rings. The Balaban J connectivity index is 2.59. The van der Waals surface area contributed by atoms with Gasteiger partial charge in [-0.1, -0.05) is 30.3 Å². The third kappa shape index (κ3) is 6.33. The standard InChI is InChI=1S/C13H18N2O4S/c1-20(19)8-7-14-13(18)15-11(9-12(16)17)10-5-3-2-4-6-10/h2-6,11H,7-9H2,1H3,(H,16,17)(H2,14,15,18). The van der Waals surface area contributed by atoms with Gasteiger partial charge in [-0.15, -0.1) is 0 Å². The molecule has 0 saturated heterocycles. The van der Waals surface area contributed by atoms with Crippen LogP contribution in [0.1, 0.15) is 18.0 Å². The fourth-order valence-corrected chi connectivity index (χ4v) is 2.02. The molecule has 0 aliphatic carbocycles. The molecule has 0 saturated carbocycles. The lowest BCUT2D eigenvalue weighted by molar-refractivity contribution is -0.137. The van der Waals surface area contributed by atoms with Gasteiger partial charge < -0.3 is 15.7 Å². The van der Waals surface area contributed by atoms with Crippen LogP contribution in [0.3, 0.4) is 0 Å². The molecular formula is C13H18N2O4S. The molecule has 6 nitrogen and oxygen atoms in total. The Morgan fingerprint density at radius 1 is 1.30 bits per heavy atom. The maximum atomic E-state index is 11.7. The zero-order valence-corrected chi connectivity index (χ0v) is 12.0. The summed E-state index contributed by atoms with van der Waals surface area (Å²) in [5.74, 6) is -0.628. The third-order valence-electron chi connectivity index (χ3n) is 2.56. The van der Waals surface area contributed by atoms with Gasteiger partial charge in [-0.25, -0.2) is 4.79 Å². The van der Waals surface area contributed by atoms with Crippen molar-refractivity contribution >= 4 is 22.8 Å². The van der Waals surface area contributed by atoms with Crippen LogP contribution in [0.25, 0.3) is 0 Å². The number of amides is 2. The SMILES string of the molecule is CS(=O)CCNC(=O)NC(CC(=O)O)c1ccccc1. The molecule has 110 valence electrons. The highest BCUT2D eigenvalue weighted by atomic mass is 32.2. The van der Waals surface area contributed by atoms with Crippen LogP contribution in [-0.4, -0.2) is 39.9 Å². The minimum atomic E-state index is -0.992. The number of carboxylic acids is 1. The van der Waals surface area contributed by atoms with E-state index in [0.717, 1.165) is 5.56 Å². The van der Waals surface area contributed by atoms with Crippen molar-refractivity contribution in [3.05, 3.63) is 35.9 Å². The predicted molar refractivity (Wildman–Crippen MR) is 76.9 cm³/mol. The summed E-state index contributed by atoms with van der Waals surface area (Å²) in [7, 11) is -0.976. The second-order valence-corrected chi connectivity index (χ2v) is 5.79. The fraction of sp³-hybridized carbons (Fsp3) is 0.385. The van der Waals surface area contributed by atoms with Gasteiger partial charge in [0.2, 0.25) is 0 Å². The molecule has 0 bridgehead atoms.